The molecule has 2 aliphatic heterocycles. The van der Waals surface area contributed by atoms with Crippen LogP contribution in [0.4, 0.5) is 0 Å². The Kier molecular flexibility index (Phi) is 8.75. The van der Waals surface area contributed by atoms with Crippen LogP contribution in [0, 0.1) is 0 Å². The number of hydrogen-bond acceptors (Lipinski definition) is 6. The van der Waals surface area contributed by atoms with Gasteiger partial charge in [-0.05, 0) is 57.3 Å². The quantitative estimate of drug-likeness (QED) is 0.169. The molecule has 0 amide bonds. The van der Waals surface area contributed by atoms with E-state index in [0.717, 1.165) is 56.5 Å². The van der Waals surface area contributed by atoms with E-state index in [4.69, 9.17) is 15.0 Å². The minimum Gasteiger partial charge on any atom is -0.359 e. The molecule has 280 valence electrons. The lowest BCUT2D eigenvalue weighted by Gasteiger charge is -2.26. The van der Waals surface area contributed by atoms with E-state index >= 15 is 0 Å². The zero-order valence-corrected chi connectivity index (χ0v) is 32.8. The molecule has 0 saturated heterocycles. The maximum atomic E-state index is 5.30. The second-order valence-corrected chi connectivity index (χ2v) is 15.9. The molecule has 6 heteroatoms. The van der Waals surface area contributed by atoms with Gasteiger partial charge in [-0.2, -0.15) is 0 Å². The van der Waals surface area contributed by atoms with Gasteiger partial charge in [-0.1, -0.05) is 176 Å². The third kappa shape index (κ3) is 6.50. The molecular formula is C53H37N5S. The third-order valence-electron chi connectivity index (χ3n) is 11.2. The molecular weight excluding hydrogens is 739 g/mol. The van der Waals surface area contributed by atoms with E-state index in [2.05, 4.69) is 187 Å². The Bertz CT molecular complexity index is 3090. The minimum absolute atomic E-state index is 0.229. The molecule has 2 aliphatic rings. The first-order chi connectivity index (χ1) is 29.2. The molecule has 1 aromatic heterocycles. The van der Waals surface area contributed by atoms with Gasteiger partial charge in [0.15, 0.2) is 6.17 Å². The van der Waals surface area contributed by atoms with Crippen LogP contribution < -0.4 is 10.6 Å². The van der Waals surface area contributed by atoms with Gasteiger partial charge < -0.3 is 10.6 Å². The molecule has 0 saturated carbocycles. The number of benzene rings is 8. The van der Waals surface area contributed by atoms with Gasteiger partial charge in [0.1, 0.15) is 17.8 Å². The number of nitrogens with one attached hydrogen (secondary N) is 2. The summed E-state index contributed by atoms with van der Waals surface area (Å²) in [4.78, 5) is 15.8. The van der Waals surface area contributed by atoms with Gasteiger partial charge in [-0.15, -0.1) is 11.3 Å². The Labute approximate surface area is 346 Å². The fourth-order valence-electron chi connectivity index (χ4n) is 8.30. The summed E-state index contributed by atoms with van der Waals surface area (Å²) in [5.74, 6) is 1.60. The van der Waals surface area contributed by atoms with E-state index in [1.54, 1.807) is 0 Å². The summed E-state index contributed by atoms with van der Waals surface area (Å²) in [7, 11) is 0. The number of amidine groups is 2. The second-order valence-electron chi connectivity index (χ2n) is 14.8. The Morgan fingerprint density at radius 1 is 0.424 bits per heavy atom. The van der Waals surface area contributed by atoms with Crippen LogP contribution in [0.5, 0.6) is 0 Å². The minimum atomic E-state index is -0.462. The predicted molar refractivity (Wildman–Crippen MR) is 247 cm³/mol. The number of nitrogens with zero attached hydrogens (tertiary/aromatic N) is 3. The van der Waals surface area contributed by atoms with Crippen molar-refractivity contribution >= 4 is 65.4 Å². The maximum absolute atomic E-state index is 5.30. The zero-order chi connectivity index (χ0) is 39.1. The summed E-state index contributed by atoms with van der Waals surface area (Å²) >= 11 is 1.85. The van der Waals surface area contributed by atoms with Gasteiger partial charge in [0.25, 0.3) is 0 Å². The summed E-state index contributed by atoms with van der Waals surface area (Å²) in [5.41, 5.74) is 10.7. The van der Waals surface area contributed by atoms with E-state index in [0.29, 0.717) is 0 Å². The van der Waals surface area contributed by atoms with Crippen LogP contribution in [0.1, 0.15) is 45.7 Å². The van der Waals surface area contributed by atoms with Gasteiger partial charge >= 0.3 is 0 Å². The van der Waals surface area contributed by atoms with Crippen LogP contribution in [0.15, 0.2) is 215 Å². The van der Waals surface area contributed by atoms with Gasteiger partial charge in [0.2, 0.25) is 0 Å². The van der Waals surface area contributed by atoms with Crippen LogP contribution in [0.2, 0.25) is 0 Å². The second kappa shape index (κ2) is 14.8. The van der Waals surface area contributed by atoms with Crippen molar-refractivity contribution in [1.82, 2.24) is 10.6 Å². The molecule has 2 N–H and O–H groups in total. The lowest BCUT2D eigenvalue weighted by Crippen LogP contribution is -2.36. The molecule has 0 spiro atoms. The number of hydrogen-bond donors (Lipinski definition) is 2. The highest BCUT2D eigenvalue weighted by molar-refractivity contribution is 7.26. The molecule has 9 aromatic rings. The van der Waals surface area contributed by atoms with Crippen LogP contribution in [0.3, 0.4) is 0 Å². The number of fused-ring (bicyclic) bond motifs is 4. The van der Waals surface area contributed by atoms with Crippen molar-refractivity contribution in [3.05, 3.63) is 234 Å². The van der Waals surface area contributed by atoms with E-state index < -0.39 is 6.17 Å². The molecule has 59 heavy (non-hydrogen) atoms. The van der Waals surface area contributed by atoms with Crippen molar-refractivity contribution in [3.63, 3.8) is 0 Å². The highest BCUT2D eigenvalue weighted by Crippen LogP contribution is 2.45. The molecule has 11 rings (SSSR count). The Morgan fingerprint density at radius 2 is 0.966 bits per heavy atom. The summed E-state index contributed by atoms with van der Waals surface area (Å²) in [6, 6.07) is 68.3. The summed E-state index contributed by atoms with van der Waals surface area (Å²) < 4.78 is 2.50. The van der Waals surface area contributed by atoms with Crippen LogP contribution in [0.25, 0.3) is 47.8 Å². The van der Waals surface area contributed by atoms with E-state index in [-0.39, 0.29) is 6.17 Å². The molecule has 1 unspecified atom stereocenters. The Hall–Kier alpha value is -7.41. The lowest BCUT2D eigenvalue weighted by molar-refractivity contribution is 0.664. The average Bonchev–Trinajstić information content (AvgIpc) is 3.70. The summed E-state index contributed by atoms with van der Waals surface area (Å²) in [6.07, 6.45) is 1.51. The fraction of sp³-hybridized carbons (Fsp3) is 0.0377. The maximum Gasteiger partial charge on any atom is 0.169 e. The predicted octanol–water partition coefficient (Wildman–Crippen LogP) is 12.5. The van der Waals surface area contributed by atoms with Crippen molar-refractivity contribution < 1.29 is 0 Å². The number of rotatable bonds is 7. The molecule has 3 heterocycles. The largest absolute Gasteiger partial charge is 0.359 e. The zero-order valence-electron chi connectivity index (χ0n) is 32.0. The van der Waals surface area contributed by atoms with Crippen LogP contribution >= 0.6 is 11.3 Å². The Morgan fingerprint density at radius 3 is 1.63 bits per heavy atom. The molecule has 8 aromatic carbocycles. The van der Waals surface area contributed by atoms with Gasteiger partial charge in [-0.3, -0.25) is 4.99 Å². The molecule has 1 atom stereocenters. The molecule has 5 nitrogen and oxygen atoms in total. The van der Waals surface area contributed by atoms with Crippen molar-refractivity contribution in [2.75, 3.05) is 0 Å². The van der Waals surface area contributed by atoms with Gasteiger partial charge in [0, 0.05) is 48.1 Å². The van der Waals surface area contributed by atoms with E-state index in [9.17, 15) is 0 Å². The van der Waals surface area contributed by atoms with Crippen molar-refractivity contribution in [2.24, 2.45) is 15.0 Å². The summed E-state index contributed by atoms with van der Waals surface area (Å²) in [6.45, 7) is 0. The third-order valence-corrected chi connectivity index (χ3v) is 12.4. The number of aliphatic imine (C=N–C) groups is 3. The molecule has 0 fully saturated rings. The number of allylic oxidation sites excluding steroid dienone is 1. The van der Waals surface area contributed by atoms with Gasteiger partial charge in [-0.25, -0.2) is 9.98 Å². The lowest BCUT2D eigenvalue weighted by atomic mass is 9.91. The van der Waals surface area contributed by atoms with E-state index in [1.165, 1.54) is 42.1 Å². The summed E-state index contributed by atoms with van der Waals surface area (Å²) in [5, 5.41) is 12.2. The first kappa shape index (κ1) is 34.8. The monoisotopic (exact) mass is 775 g/mol. The van der Waals surface area contributed by atoms with Crippen molar-refractivity contribution in [3.8, 4) is 11.1 Å². The molecule has 0 radical (unpaired) electrons. The first-order valence-electron chi connectivity index (χ1n) is 19.9. The van der Waals surface area contributed by atoms with E-state index in [1.807, 2.05) is 35.6 Å². The topological polar surface area (TPSA) is 61.1 Å². The van der Waals surface area contributed by atoms with Crippen molar-refractivity contribution in [1.29, 1.82) is 0 Å². The smallest absolute Gasteiger partial charge is 0.169 e. The van der Waals surface area contributed by atoms with Crippen molar-refractivity contribution in [2.45, 2.75) is 12.3 Å². The highest BCUT2D eigenvalue weighted by atomic mass is 32.1. The number of thiophene rings is 1. The first-order valence-corrected chi connectivity index (χ1v) is 20.7. The Balaban J connectivity index is 1.10. The normalized spacial score (nSPS) is 15.6. The standard InChI is InChI=1S/C53H37N5S/c1-5-17-34(18-6-1)46-33-47(55-50(54-46)35-19-7-2-8-20-35)42-30-29-41(39-25-13-14-26-40(39)42)44-31-38(32-45-43-27-15-16-28-48(43)59-49(44)45)53-57-51(36-21-9-3-10-22-36)56-52(58-53)37-23-11-4-12-24-37/h1-33,50,53,55H,(H,56,57,58). The average molecular weight is 776 g/mol. The van der Waals surface area contributed by atoms with Crippen LogP contribution in [-0.2, 0) is 0 Å². The van der Waals surface area contributed by atoms with Gasteiger partial charge in [0.05, 0.1) is 5.71 Å². The molecule has 0 bridgehead atoms. The van der Waals surface area contributed by atoms with Crippen LogP contribution in [-0.4, -0.2) is 17.4 Å². The SMILES string of the molecule is C1=C(c2ccc(-c3cc(C4N=C(c5ccccc5)NC(c5ccccc5)=N4)cc4c3sc3ccccc34)c3ccccc23)NC(c2ccccc2)N=C1c1ccccc1. The highest BCUT2D eigenvalue weighted by Gasteiger charge is 2.25. The molecule has 0 aliphatic carbocycles. The fourth-order valence-corrected chi connectivity index (χ4v) is 9.51.